The monoisotopic (exact) mass is 716 g/mol. The number of benzene rings is 4. The number of rotatable bonds is 12. The Morgan fingerprint density at radius 1 is 0.510 bits per heavy atom. The van der Waals surface area contributed by atoms with Crippen LogP contribution in [0.25, 0.3) is 0 Å². The number of amides is 6. The summed E-state index contributed by atoms with van der Waals surface area (Å²) in [5.74, 6) is 0. The molecule has 0 atom stereocenters. The number of aryl methyl sites for hydroxylation is 2. The first-order valence-corrected chi connectivity index (χ1v) is 17.6. The molecule has 0 aliphatic carbocycles. The average molecular weight is 717 g/mol. The lowest BCUT2D eigenvalue weighted by Crippen LogP contribution is -2.20. The highest BCUT2D eigenvalue weighted by atomic mass is 32.2. The summed E-state index contributed by atoms with van der Waals surface area (Å²) in [4.78, 5) is 49.2. The molecular formula is C36H40N6O8S. The zero-order valence-electron chi connectivity index (χ0n) is 28.6. The first-order chi connectivity index (χ1) is 24.4. The highest BCUT2D eigenvalue weighted by molar-refractivity contribution is 7.91. The van der Waals surface area contributed by atoms with E-state index in [1.165, 1.54) is 48.5 Å². The molecule has 6 amide bonds. The fourth-order valence-corrected chi connectivity index (χ4v) is 5.77. The van der Waals surface area contributed by atoms with Gasteiger partial charge < -0.3 is 30.7 Å². The Bertz CT molecular complexity index is 1850. The lowest BCUT2D eigenvalue weighted by Gasteiger charge is -2.13. The van der Waals surface area contributed by atoms with Gasteiger partial charge in [-0.15, -0.1) is 0 Å². The Balaban J connectivity index is 1.32. The van der Waals surface area contributed by atoms with Gasteiger partial charge in [-0.2, -0.15) is 0 Å². The number of hydrogen-bond acceptors (Lipinski definition) is 8. The highest BCUT2D eigenvalue weighted by Crippen LogP contribution is 2.26. The lowest BCUT2D eigenvalue weighted by molar-refractivity contribution is 0.161. The molecule has 4 rings (SSSR count). The second-order valence-electron chi connectivity index (χ2n) is 11.3. The fourth-order valence-electron chi connectivity index (χ4n) is 4.51. The largest absolute Gasteiger partial charge is 0.449 e. The van der Waals surface area contributed by atoms with Gasteiger partial charge in [0, 0.05) is 34.1 Å². The molecule has 0 spiro atoms. The van der Waals surface area contributed by atoms with Crippen molar-refractivity contribution in [2.24, 2.45) is 0 Å². The highest BCUT2D eigenvalue weighted by Gasteiger charge is 2.18. The first-order valence-electron chi connectivity index (χ1n) is 16.1. The van der Waals surface area contributed by atoms with Gasteiger partial charge in [-0.25, -0.2) is 27.6 Å². The number of carbonyl (C=O) groups is 4. The van der Waals surface area contributed by atoms with Crippen LogP contribution in [0.1, 0.15) is 37.8 Å². The molecule has 0 unspecified atom stereocenters. The van der Waals surface area contributed by atoms with Crippen LogP contribution in [0.5, 0.6) is 0 Å². The quantitative estimate of drug-likeness (QED) is 0.0842. The van der Waals surface area contributed by atoms with E-state index in [-0.39, 0.29) is 23.0 Å². The van der Waals surface area contributed by atoms with Gasteiger partial charge in [-0.05, 0) is 111 Å². The third-order valence-corrected chi connectivity index (χ3v) is 8.97. The van der Waals surface area contributed by atoms with Crippen molar-refractivity contribution in [2.75, 3.05) is 45.1 Å². The summed E-state index contributed by atoms with van der Waals surface area (Å²) in [5.41, 5.74) is 4.04. The van der Waals surface area contributed by atoms with E-state index in [1.54, 1.807) is 50.2 Å². The van der Waals surface area contributed by atoms with Crippen molar-refractivity contribution in [2.45, 2.75) is 50.3 Å². The normalized spacial score (nSPS) is 10.7. The van der Waals surface area contributed by atoms with Crippen LogP contribution in [0.3, 0.4) is 0 Å². The Labute approximate surface area is 296 Å². The number of anilines is 6. The smallest absolute Gasteiger partial charge is 0.411 e. The lowest BCUT2D eigenvalue weighted by atomic mass is 10.2. The molecular weight excluding hydrogens is 676 g/mol. The molecule has 0 heterocycles. The van der Waals surface area contributed by atoms with E-state index >= 15 is 0 Å². The molecule has 6 N–H and O–H groups in total. The number of urea groups is 2. The van der Waals surface area contributed by atoms with Crippen LogP contribution in [-0.4, -0.2) is 45.9 Å². The molecule has 15 heteroatoms. The van der Waals surface area contributed by atoms with E-state index in [0.29, 0.717) is 47.0 Å². The second kappa shape index (κ2) is 17.5. The zero-order chi connectivity index (χ0) is 37.0. The van der Waals surface area contributed by atoms with Crippen LogP contribution in [0, 0.1) is 13.8 Å². The van der Waals surface area contributed by atoms with E-state index in [9.17, 15) is 27.6 Å². The van der Waals surface area contributed by atoms with Crippen molar-refractivity contribution in [1.29, 1.82) is 0 Å². The minimum absolute atomic E-state index is 0.00141. The van der Waals surface area contributed by atoms with Gasteiger partial charge in [0.05, 0.1) is 23.0 Å². The van der Waals surface area contributed by atoms with Crippen molar-refractivity contribution in [1.82, 2.24) is 0 Å². The SMILES string of the molecule is CCCOC(=O)Nc1cc(NC(=O)Nc2ccc(S(=O)(=O)c3ccc(NC(=O)Nc4ccc(C)c(NC(=O)OCCC)c4)cc3)cc2)ccc1C. The van der Waals surface area contributed by atoms with Crippen LogP contribution < -0.4 is 31.9 Å². The minimum atomic E-state index is -3.92. The Morgan fingerprint density at radius 3 is 1.20 bits per heavy atom. The summed E-state index contributed by atoms with van der Waals surface area (Å²) in [6.07, 6.45) is 0.185. The summed E-state index contributed by atoms with van der Waals surface area (Å²) >= 11 is 0. The first kappa shape index (κ1) is 37.7. The topological polar surface area (TPSA) is 193 Å². The summed E-state index contributed by atoms with van der Waals surface area (Å²) in [5, 5.41) is 16.0. The van der Waals surface area contributed by atoms with Gasteiger partial charge in [0.15, 0.2) is 0 Å². The van der Waals surface area contributed by atoms with Crippen molar-refractivity contribution >= 4 is 68.2 Å². The fraction of sp³-hybridized carbons (Fsp3) is 0.222. The number of hydrogen-bond donors (Lipinski definition) is 6. The van der Waals surface area contributed by atoms with E-state index < -0.39 is 34.1 Å². The van der Waals surface area contributed by atoms with Gasteiger partial charge >= 0.3 is 24.2 Å². The van der Waals surface area contributed by atoms with Gasteiger partial charge in [0.25, 0.3) is 0 Å². The van der Waals surface area contributed by atoms with E-state index in [2.05, 4.69) is 31.9 Å². The van der Waals surface area contributed by atoms with Crippen LogP contribution >= 0.6 is 0 Å². The molecule has 14 nitrogen and oxygen atoms in total. The summed E-state index contributed by atoms with van der Waals surface area (Å²) in [6, 6.07) is 20.2. The van der Waals surface area contributed by atoms with Crippen LogP contribution in [0.4, 0.5) is 53.3 Å². The van der Waals surface area contributed by atoms with Crippen LogP contribution in [-0.2, 0) is 19.3 Å². The molecule has 0 aromatic heterocycles. The molecule has 4 aromatic carbocycles. The Kier molecular flexibility index (Phi) is 13.0. The summed E-state index contributed by atoms with van der Waals surface area (Å²) in [6.45, 7) is 7.95. The third kappa shape index (κ3) is 11.0. The number of ether oxygens (including phenoxy) is 2. The van der Waals surface area contributed by atoms with Crippen molar-refractivity contribution in [3.8, 4) is 0 Å². The summed E-state index contributed by atoms with van der Waals surface area (Å²) < 4.78 is 36.7. The van der Waals surface area contributed by atoms with Gasteiger partial charge in [0.2, 0.25) is 9.84 Å². The van der Waals surface area contributed by atoms with E-state index in [0.717, 1.165) is 11.1 Å². The molecule has 0 aliphatic heterocycles. The molecule has 0 bridgehead atoms. The second-order valence-corrected chi connectivity index (χ2v) is 13.2. The zero-order valence-corrected chi connectivity index (χ0v) is 29.4. The Morgan fingerprint density at radius 2 is 0.843 bits per heavy atom. The van der Waals surface area contributed by atoms with Crippen molar-refractivity contribution in [3.63, 3.8) is 0 Å². The molecule has 0 saturated carbocycles. The maximum Gasteiger partial charge on any atom is 0.411 e. The van der Waals surface area contributed by atoms with Gasteiger partial charge in [-0.1, -0.05) is 26.0 Å². The number of nitrogens with one attached hydrogen (secondary N) is 6. The maximum atomic E-state index is 13.3. The van der Waals surface area contributed by atoms with Gasteiger partial charge in [0.1, 0.15) is 0 Å². The van der Waals surface area contributed by atoms with Crippen LogP contribution in [0.15, 0.2) is 94.7 Å². The molecule has 268 valence electrons. The van der Waals surface area contributed by atoms with Gasteiger partial charge in [-0.3, -0.25) is 10.6 Å². The Hall–Kier alpha value is -6.09. The third-order valence-electron chi connectivity index (χ3n) is 7.18. The van der Waals surface area contributed by atoms with E-state index in [1.807, 2.05) is 13.8 Å². The van der Waals surface area contributed by atoms with E-state index in [4.69, 9.17) is 9.47 Å². The maximum absolute atomic E-state index is 13.3. The van der Waals surface area contributed by atoms with Crippen molar-refractivity contribution in [3.05, 3.63) is 96.1 Å². The summed E-state index contributed by atoms with van der Waals surface area (Å²) in [7, 11) is -3.92. The molecule has 0 aliphatic rings. The number of sulfone groups is 1. The molecule has 51 heavy (non-hydrogen) atoms. The molecule has 0 fully saturated rings. The standard InChI is InChI=1S/C36H40N6O8S/c1-5-19-49-35(45)41-31-21-27(9-7-23(31)3)39-33(43)37-25-11-15-29(16-12-25)51(47,48)30-17-13-26(14-18-30)38-34(44)40-28-10-8-24(4)32(22-28)42-36(46)50-20-6-2/h7-18,21-22H,5-6,19-20H2,1-4H3,(H,41,45)(H,42,46)(H2,37,39,43)(H2,38,40,44). The van der Waals surface area contributed by atoms with Crippen LogP contribution in [0.2, 0.25) is 0 Å². The average Bonchev–Trinajstić information content (AvgIpc) is 3.09. The molecule has 0 saturated heterocycles. The number of carbonyl (C=O) groups excluding carboxylic acids is 4. The predicted molar refractivity (Wildman–Crippen MR) is 196 cm³/mol. The molecule has 0 radical (unpaired) electrons. The minimum Gasteiger partial charge on any atom is -0.449 e. The molecule has 4 aromatic rings. The predicted octanol–water partition coefficient (Wildman–Crippen LogP) is 8.34. The van der Waals surface area contributed by atoms with Crippen molar-refractivity contribution < 1.29 is 37.1 Å².